The number of fused-ring (bicyclic) bond motifs is 6. The number of hydrogen-bond acceptors (Lipinski definition) is 14. The van der Waals surface area contributed by atoms with Crippen LogP contribution in [0.4, 0.5) is 26.3 Å². The lowest BCUT2D eigenvalue weighted by atomic mass is 9.76. The molecule has 8 aromatic rings. The number of thiophene rings is 2. The van der Waals surface area contributed by atoms with Gasteiger partial charge in [-0.2, -0.15) is 26.3 Å². The van der Waals surface area contributed by atoms with Crippen molar-refractivity contribution in [3.63, 3.8) is 0 Å². The molecule has 12 nitrogen and oxygen atoms in total. The molecule has 20 heteroatoms. The Morgan fingerprint density at radius 1 is 0.384 bits per heavy atom. The normalized spacial score (nSPS) is 16.2. The first kappa shape index (κ1) is 56.6. The molecule has 4 aliphatic carbocycles. The van der Waals surface area contributed by atoms with Crippen molar-refractivity contribution in [1.29, 1.82) is 0 Å². The number of halogens is 6. The van der Waals surface area contributed by atoms with Crippen LogP contribution in [0.1, 0.15) is 95.9 Å². The third-order valence-corrected chi connectivity index (χ3v) is 17.3. The number of alkyl halides is 6. The SMILES string of the molecule is O=C1C(=O)c2ccc(C(F)(F)F)cc2/C1=C/c1cc2c(s1)C1=C(c3sc(/C=C4\C(=O)C(=O)c5ccc(C(F)(F)F)cc54)cc3C1(C(=O)OCc1ccccc1)C(=O)OCc1ccccc1)C2(C(=O)OCc1ccccc1)C(=O)OCc1ccccc1. The molecule has 12 rings (SSSR count). The van der Waals surface area contributed by atoms with Gasteiger partial charge in [0, 0.05) is 64.1 Å². The Kier molecular flexibility index (Phi) is 14.2. The van der Waals surface area contributed by atoms with Crippen molar-refractivity contribution in [3.05, 3.63) is 256 Å². The lowest BCUT2D eigenvalue weighted by Gasteiger charge is -2.29. The van der Waals surface area contributed by atoms with Gasteiger partial charge in [-0.15, -0.1) is 22.7 Å². The Bertz CT molecular complexity index is 3920. The molecule has 2 heterocycles. The summed E-state index contributed by atoms with van der Waals surface area (Å²) in [6, 6.07) is 39.7. The van der Waals surface area contributed by atoms with Crippen LogP contribution in [0.5, 0.6) is 0 Å². The van der Waals surface area contributed by atoms with Crippen molar-refractivity contribution in [2.45, 2.75) is 49.6 Å². The Hall–Kier alpha value is -9.92. The standard InChI is InChI=1S/C66H38F6O12S2/c67-65(68,69)39-21-23-43-45(25-39)47(55(75)53(43)73)27-41-29-49-57(85-41)52-51(63(49,59(77)81-31-35-13-5-1-6-14-35)60(78)82-32-36-15-7-2-8-16-36)58-50(30-42(86-58)28-48-46-26-40(66(70,71)72)22-24-44(46)54(74)56(48)76)64(52,61(79)83-33-37-17-9-3-10-18-37)62(80)84-34-38-19-11-4-12-20-38/h1-30H,31-34H2/b47-27-,48-28-. The number of allylic oxidation sites excluding steroid dienone is 2. The van der Waals surface area contributed by atoms with E-state index in [1.807, 2.05) is 0 Å². The zero-order chi connectivity index (χ0) is 60.5. The van der Waals surface area contributed by atoms with Gasteiger partial charge in [0.25, 0.3) is 0 Å². The molecule has 0 radical (unpaired) electrons. The number of carbonyl (C=O) groups excluding carboxylic acids is 8. The van der Waals surface area contributed by atoms with Gasteiger partial charge in [0.15, 0.2) is 0 Å². The summed E-state index contributed by atoms with van der Waals surface area (Å²) in [7, 11) is 0. The Balaban J connectivity index is 1.15. The zero-order valence-electron chi connectivity index (χ0n) is 44.1. The smallest absolute Gasteiger partial charge is 0.416 e. The number of carbonyl (C=O) groups is 8. The predicted molar refractivity (Wildman–Crippen MR) is 301 cm³/mol. The summed E-state index contributed by atoms with van der Waals surface area (Å²) < 4.78 is 110. The van der Waals surface area contributed by atoms with Gasteiger partial charge in [-0.1, -0.05) is 121 Å². The van der Waals surface area contributed by atoms with E-state index in [0.717, 1.165) is 24.3 Å². The van der Waals surface area contributed by atoms with Gasteiger partial charge in [0.2, 0.25) is 34.0 Å². The number of ketones is 4. The number of rotatable bonds is 14. The van der Waals surface area contributed by atoms with E-state index in [-0.39, 0.29) is 52.9 Å². The first-order valence-electron chi connectivity index (χ1n) is 26.1. The molecule has 0 aliphatic heterocycles. The summed E-state index contributed by atoms with van der Waals surface area (Å²) in [6.45, 7) is -2.02. The molecule has 0 saturated heterocycles. The number of hydrogen-bond donors (Lipinski definition) is 0. The molecule has 0 saturated carbocycles. The highest BCUT2D eigenvalue weighted by molar-refractivity contribution is 7.16. The molecule has 6 aromatic carbocycles. The molecule has 0 fully saturated rings. The van der Waals surface area contributed by atoms with E-state index < -0.39 is 130 Å². The summed E-state index contributed by atoms with van der Waals surface area (Å²) in [6.07, 6.45) is -7.66. The molecule has 0 amide bonds. The molecular formula is C66H38F6O12S2. The van der Waals surface area contributed by atoms with Gasteiger partial charge in [-0.3, -0.25) is 38.4 Å². The lowest BCUT2D eigenvalue weighted by Crippen LogP contribution is -2.45. The second-order valence-corrected chi connectivity index (χ2v) is 22.4. The maximum absolute atomic E-state index is 16.1. The second kappa shape index (κ2) is 21.6. The van der Waals surface area contributed by atoms with Crippen molar-refractivity contribution < 1.29 is 83.6 Å². The van der Waals surface area contributed by atoms with E-state index >= 15 is 19.2 Å². The van der Waals surface area contributed by atoms with Gasteiger partial charge >= 0.3 is 36.2 Å². The average molecular weight is 1200 g/mol. The molecule has 0 N–H and O–H groups in total. The summed E-state index contributed by atoms with van der Waals surface area (Å²) in [5.41, 5.74) is -10.4. The maximum atomic E-state index is 16.1. The van der Waals surface area contributed by atoms with Crippen LogP contribution in [0.3, 0.4) is 0 Å². The molecule has 0 bridgehead atoms. The Morgan fingerprint density at radius 2 is 0.674 bits per heavy atom. The molecule has 2 aromatic heterocycles. The van der Waals surface area contributed by atoms with E-state index in [1.165, 1.54) is 12.1 Å². The van der Waals surface area contributed by atoms with Crippen LogP contribution in [0, 0.1) is 0 Å². The van der Waals surface area contributed by atoms with Crippen molar-refractivity contribution in [2.75, 3.05) is 0 Å². The Labute approximate surface area is 491 Å². The van der Waals surface area contributed by atoms with Crippen LogP contribution in [0.15, 0.2) is 170 Å². The van der Waals surface area contributed by atoms with Crippen LogP contribution in [-0.4, -0.2) is 47.0 Å². The van der Waals surface area contributed by atoms with E-state index in [0.29, 0.717) is 69.2 Å². The molecular weight excluding hydrogens is 1160 g/mol. The molecule has 0 atom stereocenters. The van der Waals surface area contributed by atoms with Crippen molar-refractivity contribution in [3.8, 4) is 0 Å². The summed E-state index contributed by atoms with van der Waals surface area (Å²) in [5, 5.41) is 0. The van der Waals surface area contributed by atoms with Gasteiger partial charge in [0.1, 0.15) is 26.4 Å². The van der Waals surface area contributed by atoms with E-state index in [4.69, 9.17) is 18.9 Å². The molecule has 428 valence electrons. The first-order valence-corrected chi connectivity index (χ1v) is 27.8. The van der Waals surface area contributed by atoms with Crippen molar-refractivity contribution >= 4 is 104 Å². The Morgan fingerprint density at radius 3 is 0.953 bits per heavy atom. The number of Topliss-reactive ketones (excluding diaryl/α,β-unsaturated/α-hetero) is 4. The van der Waals surface area contributed by atoms with Crippen LogP contribution >= 0.6 is 22.7 Å². The van der Waals surface area contributed by atoms with Crippen LogP contribution in [0.2, 0.25) is 0 Å². The van der Waals surface area contributed by atoms with Gasteiger partial charge in [0.05, 0.1) is 11.1 Å². The fraction of sp³-hybridized carbons (Fsp3) is 0.121. The fourth-order valence-corrected chi connectivity index (χ4v) is 13.6. The summed E-state index contributed by atoms with van der Waals surface area (Å²) in [4.78, 5) is 118. The minimum Gasteiger partial charge on any atom is -0.459 e. The highest BCUT2D eigenvalue weighted by atomic mass is 32.1. The van der Waals surface area contributed by atoms with Crippen molar-refractivity contribution in [1.82, 2.24) is 0 Å². The first-order chi connectivity index (χ1) is 41.2. The average Bonchev–Trinajstić information content (AvgIpc) is 1.49. The largest absolute Gasteiger partial charge is 0.459 e. The zero-order valence-corrected chi connectivity index (χ0v) is 45.8. The number of benzene rings is 6. The second-order valence-electron chi connectivity index (χ2n) is 20.2. The quantitative estimate of drug-likeness (QED) is 0.0252. The minimum atomic E-state index is -4.92. The molecule has 0 spiro atoms. The van der Waals surface area contributed by atoms with E-state index in [9.17, 15) is 45.5 Å². The maximum Gasteiger partial charge on any atom is 0.416 e. The molecule has 0 unspecified atom stereocenters. The number of esters is 4. The predicted octanol–water partition coefficient (Wildman–Crippen LogP) is 12.8. The van der Waals surface area contributed by atoms with Gasteiger partial charge in [-0.25, -0.2) is 0 Å². The minimum absolute atomic E-state index is 0.0924. The van der Waals surface area contributed by atoms with Crippen LogP contribution in [-0.2, 0) is 97.3 Å². The summed E-state index contributed by atoms with van der Waals surface area (Å²) in [5.74, 6) is -10.1. The monoisotopic (exact) mass is 1200 g/mol. The fourth-order valence-electron chi connectivity index (χ4n) is 11.0. The van der Waals surface area contributed by atoms with Crippen LogP contribution < -0.4 is 0 Å². The third kappa shape index (κ3) is 9.50. The van der Waals surface area contributed by atoms with Gasteiger partial charge < -0.3 is 18.9 Å². The highest BCUT2D eigenvalue weighted by Gasteiger charge is 2.72. The van der Waals surface area contributed by atoms with E-state index in [2.05, 4.69) is 0 Å². The van der Waals surface area contributed by atoms with Gasteiger partial charge in [-0.05, 0) is 94.1 Å². The van der Waals surface area contributed by atoms with Crippen LogP contribution in [0.25, 0.3) is 34.4 Å². The highest BCUT2D eigenvalue weighted by Crippen LogP contribution is 2.68. The third-order valence-electron chi connectivity index (χ3n) is 15.1. The number of ether oxygens (including phenoxy) is 4. The summed E-state index contributed by atoms with van der Waals surface area (Å²) >= 11 is 1.35. The lowest BCUT2D eigenvalue weighted by molar-refractivity contribution is -0.165. The molecule has 4 aliphatic rings. The van der Waals surface area contributed by atoms with Crippen molar-refractivity contribution in [2.24, 2.45) is 0 Å². The molecule has 86 heavy (non-hydrogen) atoms. The topological polar surface area (TPSA) is 173 Å². The van der Waals surface area contributed by atoms with E-state index in [1.54, 1.807) is 121 Å².